The zero-order chi connectivity index (χ0) is 24.5. The standard InChI is InChI=1S/C29H44N4S/c1-6-14-32-16-9-11-26-21-25(12-13-28(26)32)22-33(17-10-15-31(7-2)8-3)29(34)30-27-19-23(4)18-24(5)20-27/h12-13,18-21H,6-11,14-17,22H2,1-5H3,(H,30,34). The topological polar surface area (TPSA) is 21.8 Å². The second kappa shape index (κ2) is 13.1. The summed E-state index contributed by atoms with van der Waals surface area (Å²) in [6, 6.07) is 13.6. The summed E-state index contributed by atoms with van der Waals surface area (Å²) in [5.41, 5.74) is 7.87. The molecule has 1 aliphatic rings. The normalized spacial score (nSPS) is 13.2. The molecule has 1 heterocycles. The van der Waals surface area contributed by atoms with Gasteiger partial charge in [-0.1, -0.05) is 39.0 Å². The predicted octanol–water partition coefficient (Wildman–Crippen LogP) is 6.40. The lowest BCUT2D eigenvalue weighted by molar-refractivity contribution is 0.281. The smallest absolute Gasteiger partial charge is 0.173 e. The SMILES string of the molecule is CCCN1CCCc2cc(CN(CCCN(CC)CC)C(=S)Nc3cc(C)cc(C)c3)ccc21. The molecule has 0 unspecified atom stereocenters. The average molecular weight is 481 g/mol. The Morgan fingerprint density at radius 3 is 2.41 bits per heavy atom. The molecule has 0 saturated heterocycles. The minimum atomic E-state index is 0.815. The van der Waals surface area contributed by atoms with Crippen molar-refractivity contribution in [1.82, 2.24) is 9.80 Å². The van der Waals surface area contributed by atoms with E-state index in [0.29, 0.717) is 0 Å². The quantitative estimate of drug-likeness (QED) is 0.375. The number of fused-ring (bicyclic) bond motifs is 1. The maximum Gasteiger partial charge on any atom is 0.173 e. The van der Waals surface area contributed by atoms with E-state index in [0.717, 1.165) is 56.5 Å². The van der Waals surface area contributed by atoms with Crippen molar-refractivity contribution in [3.05, 3.63) is 58.7 Å². The van der Waals surface area contributed by atoms with Gasteiger partial charge in [-0.3, -0.25) is 0 Å². The molecule has 4 nitrogen and oxygen atoms in total. The summed E-state index contributed by atoms with van der Waals surface area (Å²) >= 11 is 5.95. The van der Waals surface area contributed by atoms with E-state index in [1.807, 2.05) is 0 Å². The lowest BCUT2D eigenvalue weighted by Crippen LogP contribution is -2.37. The van der Waals surface area contributed by atoms with Crippen molar-refractivity contribution < 1.29 is 0 Å². The number of thiocarbonyl (C=S) groups is 1. The molecule has 0 fully saturated rings. The van der Waals surface area contributed by atoms with Crippen molar-refractivity contribution in [2.45, 2.75) is 66.8 Å². The van der Waals surface area contributed by atoms with Gasteiger partial charge in [0, 0.05) is 37.6 Å². The summed E-state index contributed by atoms with van der Waals surface area (Å²) in [4.78, 5) is 7.39. The van der Waals surface area contributed by atoms with Gasteiger partial charge in [-0.15, -0.1) is 0 Å². The van der Waals surface area contributed by atoms with Gasteiger partial charge in [-0.25, -0.2) is 0 Å². The Kier molecular flexibility index (Phi) is 10.2. The molecule has 0 saturated carbocycles. The Bertz CT molecular complexity index is 917. The summed E-state index contributed by atoms with van der Waals surface area (Å²) in [6.45, 7) is 18.4. The molecule has 2 aromatic carbocycles. The third kappa shape index (κ3) is 7.44. The van der Waals surface area contributed by atoms with Crippen molar-refractivity contribution in [2.75, 3.05) is 49.5 Å². The van der Waals surface area contributed by atoms with Gasteiger partial charge in [-0.2, -0.15) is 0 Å². The highest BCUT2D eigenvalue weighted by molar-refractivity contribution is 7.80. The Morgan fingerprint density at radius 1 is 1.00 bits per heavy atom. The maximum absolute atomic E-state index is 5.95. The zero-order valence-corrected chi connectivity index (χ0v) is 22.8. The molecule has 0 bridgehead atoms. The van der Waals surface area contributed by atoms with Gasteiger partial charge in [0.15, 0.2) is 5.11 Å². The Hall–Kier alpha value is -2.11. The fourth-order valence-corrected chi connectivity index (χ4v) is 5.35. The van der Waals surface area contributed by atoms with E-state index in [1.165, 1.54) is 53.7 Å². The van der Waals surface area contributed by atoms with E-state index in [9.17, 15) is 0 Å². The summed E-state index contributed by atoms with van der Waals surface area (Å²) in [5.74, 6) is 0. The van der Waals surface area contributed by atoms with Gasteiger partial charge >= 0.3 is 0 Å². The first-order valence-corrected chi connectivity index (χ1v) is 13.6. The van der Waals surface area contributed by atoms with Gasteiger partial charge in [0.05, 0.1) is 0 Å². The van der Waals surface area contributed by atoms with E-state index < -0.39 is 0 Å². The number of rotatable bonds is 11. The van der Waals surface area contributed by atoms with E-state index in [2.05, 4.69) is 91.0 Å². The monoisotopic (exact) mass is 480 g/mol. The van der Waals surface area contributed by atoms with Crippen LogP contribution >= 0.6 is 12.2 Å². The number of nitrogens with one attached hydrogen (secondary N) is 1. The fraction of sp³-hybridized carbons (Fsp3) is 0.552. The van der Waals surface area contributed by atoms with E-state index in [4.69, 9.17) is 12.2 Å². The average Bonchev–Trinajstić information content (AvgIpc) is 2.80. The van der Waals surface area contributed by atoms with E-state index >= 15 is 0 Å². The van der Waals surface area contributed by atoms with Crippen LogP contribution in [0, 0.1) is 13.8 Å². The molecular formula is C29H44N4S. The number of anilines is 2. The Labute approximate surface area is 213 Å². The van der Waals surface area contributed by atoms with Crippen LogP contribution in [0.5, 0.6) is 0 Å². The van der Waals surface area contributed by atoms with E-state index in [1.54, 1.807) is 0 Å². The maximum atomic E-state index is 5.95. The van der Waals surface area contributed by atoms with Gasteiger partial charge in [0.2, 0.25) is 0 Å². The number of hydrogen-bond acceptors (Lipinski definition) is 3. The molecule has 0 radical (unpaired) electrons. The van der Waals surface area contributed by atoms with Crippen LogP contribution in [0.3, 0.4) is 0 Å². The first kappa shape index (κ1) is 26.5. The van der Waals surface area contributed by atoms with Gasteiger partial charge < -0.3 is 20.0 Å². The van der Waals surface area contributed by atoms with Crippen LogP contribution in [-0.2, 0) is 13.0 Å². The second-order valence-electron chi connectivity index (χ2n) is 9.66. The van der Waals surface area contributed by atoms with Crippen molar-refractivity contribution in [3.8, 4) is 0 Å². The molecule has 34 heavy (non-hydrogen) atoms. The largest absolute Gasteiger partial charge is 0.371 e. The van der Waals surface area contributed by atoms with Gasteiger partial charge in [0.25, 0.3) is 0 Å². The van der Waals surface area contributed by atoms with Crippen LogP contribution in [0.1, 0.15) is 62.3 Å². The molecule has 5 heteroatoms. The lowest BCUT2D eigenvalue weighted by atomic mass is 9.98. The molecule has 0 aromatic heterocycles. The third-order valence-corrected chi connectivity index (χ3v) is 7.14. The van der Waals surface area contributed by atoms with Crippen molar-refractivity contribution >= 4 is 28.7 Å². The van der Waals surface area contributed by atoms with Crippen LogP contribution in [-0.4, -0.2) is 54.2 Å². The summed E-state index contributed by atoms with van der Waals surface area (Å²) in [7, 11) is 0. The van der Waals surface area contributed by atoms with Crippen molar-refractivity contribution in [3.63, 3.8) is 0 Å². The molecule has 0 amide bonds. The minimum Gasteiger partial charge on any atom is -0.371 e. The second-order valence-corrected chi connectivity index (χ2v) is 10.0. The molecule has 1 aliphatic heterocycles. The molecule has 0 atom stereocenters. The van der Waals surface area contributed by atoms with Crippen molar-refractivity contribution in [2.24, 2.45) is 0 Å². The molecule has 1 N–H and O–H groups in total. The van der Waals surface area contributed by atoms with Crippen molar-refractivity contribution in [1.29, 1.82) is 0 Å². The Morgan fingerprint density at radius 2 is 1.74 bits per heavy atom. The highest BCUT2D eigenvalue weighted by Gasteiger charge is 2.18. The highest BCUT2D eigenvalue weighted by Crippen LogP contribution is 2.29. The molecule has 3 rings (SSSR count). The van der Waals surface area contributed by atoms with Crippen LogP contribution in [0.25, 0.3) is 0 Å². The zero-order valence-electron chi connectivity index (χ0n) is 22.0. The summed E-state index contributed by atoms with van der Waals surface area (Å²) in [5, 5.41) is 4.35. The summed E-state index contributed by atoms with van der Waals surface area (Å²) < 4.78 is 0. The highest BCUT2D eigenvalue weighted by atomic mass is 32.1. The third-order valence-electron chi connectivity index (χ3n) is 6.78. The first-order chi connectivity index (χ1) is 16.4. The number of hydrogen-bond donors (Lipinski definition) is 1. The number of aryl methyl sites for hydroxylation is 3. The fourth-order valence-electron chi connectivity index (χ4n) is 5.08. The van der Waals surface area contributed by atoms with Crippen LogP contribution < -0.4 is 10.2 Å². The molecule has 0 aliphatic carbocycles. The Balaban J connectivity index is 1.75. The molecule has 186 valence electrons. The molecular weight excluding hydrogens is 436 g/mol. The predicted molar refractivity (Wildman–Crippen MR) is 152 cm³/mol. The minimum absolute atomic E-state index is 0.815. The van der Waals surface area contributed by atoms with Gasteiger partial charge in [-0.05, 0) is 112 Å². The van der Waals surface area contributed by atoms with E-state index in [-0.39, 0.29) is 0 Å². The number of benzene rings is 2. The number of nitrogens with zero attached hydrogens (tertiary/aromatic N) is 3. The van der Waals surface area contributed by atoms with Crippen LogP contribution in [0.15, 0.2) is 36.4 Å². The molecule has 2 aromatic rings. The van der Waals surface area contributed by atoms with Crippen LogP contribution in [0.2, 0.25) is 0 Å². The summed E-state index contributed by atoms with van der Waals surface area (Å²) in [6.07, 6.45) is 4.72. The lowest BCUT2D eigenvalue weighted by Gasteiger charge is -2.32. The van der Waals surface area contributed by atoms with Gasteiger partial charge in [0.1, 0.15) is 0 Å². The van der Waals surface area contributed by atoms with Crippen LogP contribution in [0.4, 0.5) is 11.4 Å². The molecule has 0 spiro atoms. The first-order valence-electron chi connectivity index (χ1n) is 13.2.